The fourth-order valence-corrected chi connectivity index (χ4v) is 0.897. The standard InChI is InChI=1S/C7H5NO4.C4H6O2.Mg.2H/c9-7(10)5-3-1-2-4-6(5)8(11)12;1-3-4(5)6-2;;;/h1-4H,(H,9,10);3H,1H2,2H3;;;. The molecule has 1 aromatic rings. The van der Waals surface area contributed by atoms with Gasteiger partial charge in [0.25, 0.3) is 5.69 Å². The molecule has 0 aromatic heterocycles. The Morgan fingerprint density at radius 3 is 2.21 bits per heavy atom. The van der Waals surface area contributed by atoms with Crippen LogP contribution in [0.4, 0.5) is 5.69 Å². The SMILES string of the molecule is C=CC(=O)OC.O=C(O)c1ccccc1[N+](=O)[O-].[MgH2]. The predicted octanol–water partition coefficient (Wildman–Crippen LogP) is 0.722. The average Bonchev–Trinajstić information content (AvgIpc) is 2.38. The van der Waals surface area contributed by atoms with Crippen molar-refractivity contribution < 1.29 is 24.4 Å². The van der Waals surface area contributed by atoms with Crippen LogP contribution in [-0.4, -0.2) is 52.1 Å². The van der Waals surface area contributed by atoms with E-state index in [4.69, 9.17) is 5.11 Å². The van der Waals surface area contributed by atoms with Gasteiger partial charge in [-0.1, -0.05) is 18.7 Å². The molecule has 0 atom stereocenters. The Kier molecular flexibility index (Phi) is 10.2. The smallest absolute Gasteiger partial charge is 0.342 e. The Morgan fingerprint density at radius 1 is 1.42 bits per heavy atom. The van der Waals surface area contributed by atoms with Gasteiger partial charge in [0, 0.05) is 12.1 Å². The number of nitro benzene ring substituents is 1. The van der Waals surface area contributed by atoms with E-state index in [9.17, 15) is 19.7 Å². The number of para-hydroxylation sites is 1. The summed E-state index contributed by atoms with van der Waals surface area (Å²) in [6, 6.07) is 5.21. The summed E-state index contributed by atoms with van der Waals surface area (Å²) in [6.45, 7) is 3.16. The lowest BCUT2D eigenvalue weighted by atomic mass is 10.2. The number of carboxylic acid groups (broad SMARTS) is 1. The number of rotatable bonds is 3. The zero-order chi connectivity index (χ0) is 14.1. The van der Waals surface area contributed by atoms with Crippen molar-refractivity contribution in [1.82, 2.24) is 0 Å². The van der Waals surface area contributed by atoms with Crippen LogP contribution in [0.1, 0.15) is 10.4 Å². The molecule has 7 nitrogen and oxygen atoms in total. The van der Waals surface area contributed by atoms with E-state index < -0.39 is 16.9 Å². The first-order chi connectivity index (χ1) is 8.43. The lowest BCUT2D eigenvalue weighted by molar-refractivity contribution is -0.385. The van der Waals surface area contributed by atoms with Crippen molar-refractivity contribution in [2.45, 2.75) is 0 Å². The van der Waals surface area contributed by atoms with Gasteiger partial charge >= 0.3 is 35.0 Å². The van der Waals surface area contributed by atoms with Crippen LogP contribution in [-0.2, 0) is 9.53 Å². The van der Waals surface area contributed by atoms with E-state index in [0.29, 0.717) is 0 Å². The quantitative estimate of drug-likeness (QED) is 0.287. The molecule has 0 radical (unpaired) electrons. The van der Waals surface area contributed by atoms with Gasteiger partial charge in [-0.25, -0.2) is 9.59 Å². The molecular formula is C11H13MgNO6. The van der Waals surface area contributed by atoms with Crippen molar-refractivity contribution >= 4 is 40.7 Å². The van der Waals surface area contributed by atoms with E-state index in [2.05, 4.69) is 11.3 Å². The van der Waals surface area contributed by atoms with Crippen molar-refractivity contribution in [3.8, 4) is 0 Å². The Labute approximate surface area is 125 Å². The van der Waals surface area contributed by atoms with Crippen LogP contribution in [0.15, 0.2) is 36.9 Å². The number of methoxy groups -OCH3 is 1. The fraction of sp³-hybridized carbons (Fsp3) is 0.0909. The lowest BCUT2D eigenvalue weighted by Gasteiger charge is -1.94. The monoisotopic (exact) mass is 279 g/mol. The maximum absolute atomic E-state index is 10.4. The number of nitro groups is 1. The van der Waals surface area contributed by atoms with Crippen molar-refractivity contribution in [1.29, 1.82) is 0 Å². The van der Waals surface area contributed by atoms with Crippen molar-refractivity contribution in [2.24, 2.45) is 0 Å². The molecule has 1 N–H and O–H groups in total. The number of carbonyl (C=O) groups is 2. The van der Waals surface area contributed by atoms with Crippen LogP contribution in [0, 0.1) is 10.1 Å². The topological polar surface area (TPSA) is 107 Å². The van der Waals surface area contributed by atoms with Gasteiger partial charge in [-0.05, 0) is 6.07 Å². The second kappa shape index (κ2) is 10.0. The Morgan fingerprint density at radius 2 is 1.95 bits per heavy atom. The number of hydrogen-bond acceptors (Lipinski definition) is 5. The van der Waals surface area contributed by atoms with E-state index in [-0.39, 0.29) is 34.3 Å². The Balaban J connectivity index is 0. The summed E-state index contributed by atoms with van der Waals surface area (Å²) in [7, 11) is 1.31. The molecule has 1 rings (SSSR count). The fourth-order valence-electron chi connectivity index (χ4n) is 0.897. The van der Waals surface area contributed by atoms with Gasteiger partial charge in [-0.3, -0.25) is 10.1 Å². The van der Waals surface area contributed by atoms with Crippen molar-refractivity contribution in [2.75, 3.05) is 7.11 Å². The summed E-state index contributed by atoms with van der Waals surface area (Å²) in [6.07, 6.45) is 1.11. The van der Waals surface area contributed by atoms with Crippen molar-refractivity contribution in [3.05, 3.63) is 52.6 Å². The first-order valence-corrected chi connectivity index (χ1v) is 4.61. The number of ether oxygens (including phenoxy) is 1. The number of esters is 1. The number of benzene rings is 1. The maximum Gasteiger partial charge on any atom is 0.342 e. The summed E-state index contributed by atoms with van der Waals surface area (Å²) in [5.74, 6) is -1.68. The molecule has 0 bridgehead atoms. The van der Waals surface area contributed by atoms with E-state index in [1.54, 1.807) is 0 Å². The summed E-state index contributed by atoms with van der Waals surface area (Å²) in [4.78, 5) is 29.8. The minimum absolute atomic E-state index is 0. The van der Waals surface area contributed by atoms with E-state index in [1.807, 2.05) is 0 Å². The van der Waals surface area contributed by atoms with Crippen molar-refractivity contribution in [3.63, 3.8) is 0 Å². The highest BCUT2D eigenvalue weighted by atomic mass is 24.3. The summed E-state index contributed by atoms with van der Waals surface area (Å²) in [5, 5.41) is 18.8. The highest BCUT2D eigenvalue weighted by Gasteiger charge is 2.17. The highest BCUT2D eigenvalue weighted by molar-refractivity contribution is 5.92. The molecule has 0 aliphatic carbocycles. The van der Waals surface area contributed by atoms with Crippen LogP contribution in [0.25, 0.3) is 0 Å². The molecule has 0 aliphatic rings. The average molecular weight is 280 g/mol. The normalized spacial score (nSPS) is 8.05. The molecular weight excluding hydrogens is 266 g/mol. The van der Waals surface area contributed by atoms with Crippen LogP contribution in [0.5, 0.6) is 0 Å². The van der Waals surface area contributed by atoms with Gasteiger partial charge < -0.3 is 9.84 Å². The molecule has 1 aromatic carbocycles. The molecule has 0 spiro atoms. The molecule has 0 aliphatic heterocycles. The van der Waals surface area contributed by atoms with Crippen LogP contribution < -0.4 is 0 Å². The third-order valence-electron chi connectivity index (χ3n) is 1.70. The van der Waals surface area contributed by atoms with Crippen LogP contribution in [0.2, 0.25) is 0 Å². The van der Waals surface area contributed by atoms with E-state index >= 15 is 0 Å². The number of carbonyl (C=O) groups excluding carboxylic acids is 1. The van der Waals surface area contributed by atoms with Gasteiger partial charge in [-0.2, -0.15) is 0 Å². The number of aromatic carboxylic acids is 1. The van der Waals surface area contributed by atoms with Crippen LogP contribution in [0.3, 0.4) is 0 Å². The van der Waals surface area contributed by atoms with Gasteiger partial charge in [0.2, 0.25) is 0 Å². The Hall–Kier alpha value is -1.93. The number of carboxylic acids is 1. The van der Waals surface area contributed by atoms with E-state index in [0.717, 1.165) is 12.1 Å². The Bertz CT molecular complexity index is 441. The first-order valence-electron chi connectivity index (χ1n) is 4.61. The molecule has 19 heavy (non-hydrogen) atoms. The van der Waals surface area contributed by atoms with Crippen LogP contribution >= 0.6 is 0 Å². The molecule has 0 saturated heterocycles. The molecule has 0 heterocycles. The molecule has 0 saturated carbocycles. The van der Waals surface area contributed by atoms with Gasteiger partial charge in [0.1, 0.15) is 5.56 Å². The van der Waals surface area contributed by atoms with Gasteiger partial charge in [0.15, 0.2) is 0 Å². The number of nitrogens with zero attached hydrogens (tertiary/aromatic N) is 1. The van der Waals surface area contributed by atoms with Gasteiger partial charge in [-0.15, -0.1) is 0 Å². The van der Waals surface area contributed by atoms with Gasteiger partial charge in [0.05, 0.1) is 12.0 Å². The molecule has 0 unspecified atom stereocenters. The molecule has 0 fully saturated rings. The minimum atomic E-state index is -1.29. The minimum Gasteiger partial charge on any atom is -0.477 e. The molecule has 8 heteroatoms. The summed E-state index contributed by atoms with van der Waals surface area (Å²) >= 11 is 0. The highest BCUT2D eigenvalue weighted by Crippen LogP contribution is 2.16. The van der Waals surface area contributed by atoms with E-state index in [1.165, 1.54) is 25.3 Å². The lowest BCUT2D eigenvalue weighted by Crippen LogP contribution is -2.01. The summed E-state index contributed by atoms with van der Waals surface area (Å²) in [5.41, 5.74) is -0.674. The molecule has 100 valence electrons. The third-order valence-corrected chi connectivity index (χ3v) is 1.70. The second-order valence-electron chi connectivity index (χ2n) is 2.81. The molecule has 0 amide bonds. The zero-order valence-corrected chi connectivity index (χ0v) is 9.53. The third kappa shape index (κ3) is 7.16. The number of hydrogen-bond donors (Lipinski definition) is 1. The largest absolute Gasteiger partial charge is 0.477 e. The maximum atomic E-state index is 10.4. The first kappa shape index (κ1) is 19.4. The zero-order valence-electron chi connectivity index (χ0n) is 9.53. The second-order valence-corrected chi connectivity index (χ2v) is 2.81. The predicted molar refractivity (Wildman–Crippen MR) is 70.8 cm³/mol. The summed E-state index contributed by atoms with van der Waals surface area (Å²) < 4.78 is 4.14.